The molecular weight excluding hydrogens is 651 g/mol. The molecule has 9 aromatic rings. The molecule has 0 radical (unpaired) electrons. The lowest BCUT2D eigenvalue weighted by atomic mass is 9.69. The van der Waals surface area contributed by atoms with Crippen LogP contribution in [0.25, 0.3) is 60.8 Å². The van der Waals surface area contributed by atoms with E-state index in [4.69, 9.17) is 4.98 Å². The van der Waals surface area contributed by atoms with E-state index in [9.17, 15) is 0 Å². The molecule has 7 aromatic carbocycles. The lowest BCUT2D eigenvalue weighted by Crippen LogP contribution is -2.23. The van der Waals surface area contributed by atoms with Gasteiger partial charge in [-0.05, 0) is 100 Å². The smallest absolute Gasteiger partial charge is 0.138 e. The molecule has 2 aliphatic rings. The van der Waals surface area contributed by atoms with Crippen molar-refractivity contribution in [3.8, 4) is 28.1 Å². The van der Waals surface area contributed by atoms with E-state index in [1.165, 1.54) is 76.4 Å². The largest absolute Gasteiger partial charge is 0.308 e. The van der Waals surface area contributed by atoms with E-state index in [-0.39, 0.29) is 5.41 Å². The average Bonchev–Trinajstić information content (AvgIpc) is 3.52. The first-order chi connectivity index (χ1) is 25.5. The third kappa shape index (κ3) is 4.19. The highest BCUT2D eigenvalue weighted by Crippen LogP contribution is 2.53. The van der Waals surface area contributed by atoms with Crippen molar-refractivity contribution in [2.75, 3.05) is 4.90 Å². The fraction of sp³-hybridized carbons (Fsp3) is 0.0625. The zero-order valence-electron chi connectivity index (χ0n) is 28.8. The number of hydrogen-bond donors (Lipinski definition) is 0. The van der Waals surface area contributed by atoms with E-state index in [0.29, 0.717) is 0 Å². The molecular formula is C48H33N3S. The Morgan fingerprint density at radius 3 is 2.15 bits per heavy atom. The van der Waals surface area contributed by atoms with Gasteiger partial charge in [0.25, 0.3) is 0 Å². The predicted molar refractivity (Wildman–Crippen MR) is 218 cm³/mol. The second kappa shape index (κ2) is 10.9. The highest BCUT2D eigenvalue weighted by Gasteiger charge is 2.34. The van der Waals surface area contributed by atoms with Gasteiger partial charge < -0.3 is 4.90 Å². The Hall–Kier alpha value is -6.10. The van der Waals surface area contributed by atoms with E-state index in [1.807, 2.05) is 11.8 Å². The number of pyridine rings is 1. The summed E-state index contributed by atoms with van der Waals surface area (Å²) in [6.07, 6.45) is 0. The molecule has 3 nitrogen and oxygen atoms in total. The zero-order chi connectivity index (χ0) is 34.6. The Morgan fingerprint density at radius 2 is 1.23 bits per heavy atom. The van der Waals surface area contributed by atoms with Crippen LogP contribution in [0.15, 0.2) is 174 Å². The molecule has 2 aromatic heterocycles. The Morgan fingerprint density at radius 1 is 0.519 bits per heavy atom. The van der Waals surface area contributed by atoms with E-state index < -0.39 is 0 Å². The molecule has 0 spiro atoms. The Bertz CT molecular complexity index is 2920. The standard InChI is InChI=1S/C48H33N3S/c1-48(2)37-17-8-6-15-33(37)36-29-46(49-39-19-12-18-38(48)47(36)39)51-40-20-9-7-16-34(40)35-27-30(23-25-41(35)51)31-24-26-43-45(28-31)52-44-22-11-10-21-42(44)50(43)32-13-4-3-5-14-32/h3-29H,1-2H3. The molecule has 0 amide bonds. The SMILES string of the molecule is CC1(C)c2ccccc2-c2cc(-n3c4ccccc4c4cc(-c5ccc6c(c5)Sc5ccccc5N6c5ccccc5)ccc43)nc3cccc1c23. The van der Waals surface area contributed by atoms with E-state index in [0.717, 1.165) is 22.4 Å². The maximum Gasteiger partial charge on any atom is 0.138 e. The fourth-order valence-electron chi connectivity index (χ4n) is 8.72. The maximum atomic E-state index is 5.39. The number of rotatable bonds is 3. The summed E-state index contributed by atoms with van der Waals surface area (Å²) in [5.74, 6) is 0.943. The lowest BCUT2D eigenvalue weighted by molar-refractivity contribution is 0.645. The van der Waals surface area contributed by atoms with E-state index in [2.05, 4.69) is 187 Å². The fourth-order valence-corrected chi connectivity index (χ4v) is 9.82. The Kier molecular flexibility index (Phi) is 6.24. The molecule has 0 fully saturated rings. The minimum absolute atomic E-state index is 0.103. The number of benzene rings is 7. The van der Waals surface area contributed by atoms with Crippen LogP contribution < -0.4 is 4.90 Å². The van der Waals surface area contributed by atoms with Crippen LogP contribution in [-0.4, -0.2) is 9.55 Å². The molecule has 0 saturated heterocycles. The van der Waals surface area contributed by atoms with Crippen molar-refractivity contribution in [3.63, 3.8) is 0 Å². The average molecular weight is 684 g/mol. The van der Waals surface area contributed by atoms with Gasteiger partial charge >= 0.3 is 0 Å². The summed E-state index contributed by atoms with van der Waals surface area (Å²) in [6.45, 7) is 4.67. The van der Waals surface area contributed by atoms with Crippen LogP contribution in [0.5, 0.6) is 0 Å². The summed E-state index contributed by atoms with van der Waals surface area (Å²) < 4.78 is 2.36. The van der Waals surface area contributed by atoms with Crippen LogP contribution >= 0.6 is 11.8 Å². The second-order valence-corrected chi connectivity index (χ2v) is 15.5. The van der Waals surface area contributed by atoms with Gasteiger partial charge in [0.05, 0.1) is 27.9 Å². The van der Waals surface area contributed by atoms with E-state index in [1.54, 1.807) is 0 Å². The number of fused-ring (bicyclic) bond motifs is 7. The van der Waals surface area contributed by atoms with Crippen LogP contribution in [0.3, 0.4) is 0 Å². The zero-order valence-corrected chi connectivity index (χ0v) is 29.7. The van der Waals surface area contributed by atoms with E-state index >= 15 is 0 Å². The molecule has 0 saturated carbocycles. The quantitative estimate of drug-likeness (QED) is 0.185. The molecule has 0 N–H and O–H groups in total. The lowest BCUT2D eigenvalue weighted by Gasteiger charge is -2.35. The Labute approximate surface area is 306 Å². The summed E-state index contributed by atoms with van der Waals surface area (Å²) in [7, 11) is 0. The number of hydrogen-bond acceptors (Lipinski definition) is 3. The summed E-state index contributed by atoms with van der Waals surface area (Å²) in [4.78, 5) is 10.3. The third-order valence-electron chi connectivity index (χ3n) is 11.2. The van der Waals surface area contributed by atoms with Crippen molar-refractivity contribution in [2.45, 2.75) is 29.1 Å². The second-order valence-electron chi connectivity index (χ2n) is 14.4. The molecule has 52 heavy (non-hydrogen) atoms. The maximum absolute atomic E-state index is 5.39. The predicted octanol–water partition coefficient (Wildman–Crippen LogP) is 13.2. The van der Waals surface area contributed by atoms with Crippen LogP contribution in [0.4, 0.5) is 17.1 Å². The van der Waals surface area contributed by atoms with Crippen LogP contribution in [0, 0.1) is 0 Å². The molecule has 0 bridgehead atoms. The first-order valence-electron chi connectivity index (χ1n) is 17.9. The topological polar surface area (TPSA) is 21.1 Å². The highest BCUT2D eigenvalue weighted by atomic mass is 32.2. The summed E-state index contributed by atoms with van der Waals surface area (Å²) >= 11 is 1.85. The normalized spacial score (nSPS) is 14.0. The minimum atomic E-state index is -0.103. The van der Waals surface area contributed by atoms with Crippen LogP contribution in [0.2, 0.25) is 0 Å². The van der Waals surface area contributed by atoms with Crippen molar-refractivity contribution in [2.24, 2.45) is 0 Å². The van der Waals surface area contributed by atoms with Crippen molar-refractivity contribution in [1.29, 1.82) is 0 Å². The molecule has 0 unspecified atom stereocenters. The molecule has 3 heterocycles. The van der Waals surface area contributed by atoms with Gasteiger partial charge in [-0.3, -0.25) is 4.57 Å². The number of aromatic nitrogens is 2. The number of nitrogens with zero attached hydrogens (tertiary/aromatic N) is 3. The summed E-state index contributed by atoms with van der Waals surface area (Å²) in [5, 5.41) is 3.71. The van der Waals surface area contributed by atoms with Gasteiger partial charge in [-0.1, -0.05) is 123 Å². The van der Waals surface area contributed by atoms with Gasteiger partial charge in [0.1, 0.15) is 5.82 Å². The molecule has 246 valence electrons. The number of anilines is 3. The molecule has 4 heteroatoms. The van der Waals surface area contributed by atoms with Crippen molar-refractivity contribution >= 4 is 61.5 Å². The first-order valence-corrected chi connectivity index (χ1v) is 18.7. The van der Waals surface area contributed by atoms with Crippen molar-refractivity contribution in [1.82, 2.24) is 9.55 Å². The molecule has 1 aliphatic heterocycles. The van der Waals surface area contributed by atoms with Gasteiger partial charge in [0.2, 0.25) is 0 Å². The van der Waals surface area contributed by atoms with Gasteiger partial charge in [-0.2, -0.15) is 0 Å². The monoisotopic (exact) mass is 683 g/mol. The van der Waals surface area contributed by atoms with Gasteiger partial charge in [-0.15, -0.1) is 0 Å². The van der Waals surface area contributed by atoms with Crippen molar-refractivity contribution in [3.05, 3.63) is 175 Å². The van der Waals surface area contributed by atoms with Crippen LogP contribution in [0.1, 0.15) is 25.0 Å². The summed E-state index contributed by atoms with van der Waals surface area (Å²) in [5.41, 5.74) is 14.5. The van der Waals surface area contributed by atoms with Gasteiger partial charge in [-0.25, -0.2) is 4.98 Å². The first kappa shape index (κ1) is 29.6. The minimum Gasteiger partial charge on any atom is -0.308 e. The molecule has 11 rings (SSSR count). The molecule has 1 aliphatic carbocycles. The Balaban J connectivity index is 1.08. The van der Waals surface area contributed by atoms with Crippen LogP contribution in [-0.2, 0) is 5.41 Å². The highest BCUT2D eigenvalue weighted by molar-refractivity contribution is 7.99. The molecule has 0 atom stereocenters. The van der Waals surface area contributed by atoms with Gasteiger partial charge in [0.15, 0.2) is 0 Å². The summed E-state index contributed by atoms with van der Waals surface area (Å²) in [6, 6.07) is 59.8. The number of para-hydroxylation sites is 3. The third-order valence-corrected chi connectivity index (χ3v) is 12.3. The van der Waals surface area contributed by atoms with Gasteiger partial charge in [0, 0.05) is 37.1 Å². The van der Waals surface area contributed by atoms with Crippen molar-refractivity contribution < 1.29 is 0 Å².